The topological polar surface area (TPSA) is 52.6 Å². The Hall–Kier alpha value is -3.01. The Kier molecular flexibility index (Phi) is 3.66. The molecule has 0 aliphatic heterocycles. The molecule has 0 bridgehead atoms. The van der Waals surface area contributed by atoms with Crippen LogP contribution < -0.4 is 10.2 Å². The summed E-state index contributed by atoms with van der Waals surface area (Å²) in [6.07, 6.45) is 0. The van der Waals surface area contributed by atoms with E-state index in [-0.39, 0.29) is 11.8 Å². The second kappa shape index (κ2) is 5.77. The molecule has 110 valence electrons. The maximum atomic E-state index is 12.4. The average molecular weight is 292 g/mol. The van der Waals surface area contributed by atoms with E-state index >= 15 is 0 Å². The van der Waals surface area contributed by atoms with Gasteiger partial charge in [-0.2, -0.15) is 0 Å². The molecule has 0 radical (unpaired) electrons. The standard InChI is InChI=1S/C18H16N2O2/c1-20(14-9-11-15(21)12-10-14)18(22)19-17-8-4-6-13-5-2-3-7-16(13)17/h2-12,21H,1H3,(H,19,22). The van der Waals surface area contributed by atoms with E-state index in [1.54, 1.807) is 31.3 Å². The third-order valence-corrected chi connectivity index (χ3v) is 3.57. The highest BCUT2D eigenvalue weighted by molar-refractivity contribution is 6.07. The molecule has 0 aliphatic rings. The summed E-state index contributed by atoms with van der Waals surface area (Å²) in [5.74, 6) is 0.173. The predicted molar refractivity (Wildman–Crippen MR) is 89.5 cm³/mol. The molecule has 22 heavy (non-hydrogen) atoms. The normalized spacial score (nSPS) is 10.4. The van der Waals surface area contributed by atoms with Gasteiger partial charge in [0, 0.05) is 18.1 Å². The summed E-state index contributed by atoms with van der Waals surface area (Å²) in [7, 11) is 1.69. The van der Waals surface area contributed by atoms with Crippen molar-refractivity contribution < 1.29 is 9.90 Å². The Labute approximate surface area is 128 Å². The zero-order valence-corrected chi connectivity index (χ0v) is 12.2. The smallest absolute Gasteiger partial charge is 0.326 e. The van der Waals surface area contributed by atoms with Gasteiger partial charge in [-0.1, -0.05) is 36.4 Å². The van der Waals surface area contributed by atoms with Crippen molar-refractivity contribution in [3.8, 4) is 5.75 Å². The lowest BCUT2D eigenvalue weighted by atomic mass is 10.1. The van der Waals surface area contributed by atoms with E-state index in [9.17, 15) is 9.90 Å². The Morgan fingerprint density at radius 1 is 0.955 bits per heavy atom. The van der Waals surface area contributed by atoms with Gasteiger partial charge in [-0.15, -0.1) is 0 Å². The number of hydrogen-bond donors (Lipinski definition) is 2. The summed E-state index contributed by atoms with van der Waals surface area (Å²) in [5, 5.41) is 14.3. The van der Waals surface area contributed by atoms with Crippen LogP contribution in [0.25, 0.3) is 10.8 Å². The molecule has 0 spiro atoms. The third-order valence-electron chi connectivity index (χ3n) is 3.57. The van der Waals surface area contributed by atoms with Gasteiger partial charge in [-0.3, -0.25) is 4.90 Å². The summed E-state index contributed by atoms with van der Waals surface area (Å²) >= 11 is 0. The summed E-state index contributed by atoms with van der Waals surface area (Å²) in [4.78, 5) is 13.9. The Balaban J connectivity index is 1.85. The first kappa shape index (κ1) is 13.9. The SMILES string of the molecule is CN(C(=O)Nc1cccc2ccccc12)c1ccc(O)cc1. The third kappa shape index (κ3) is 2.72. The van der Waals surface area contributed by atoms with Crippen LogP contribution in [0.4, 0.5) is 16.2 Å². The van der Waals surface area contributed by atoms with E-state index in [1.165, 1.54) is 4.90 Å². The number of rotatable bonds is 2. The van der Waals surface area contributed by atoms with E-state index in [1.807, 2.05) is 42.5 Å². The van der Waals surface area contributed by atoms with Gasteiger partial charge in [0.05, 0.1) is 5.69 Å². The van der Waals surface area contributed by atoms with Crippen molar-refractivity contribution >= 4 is 28.2 Å². The first-order valence-electron chi connectivity index (χ1n) is 6.96. The molecule has 0 atom stereocenters. The van der Waals surface area contributed by atoms with Gasteiger partial charge in [-0.25, -0.2) is 4.79 Å². The van der Waals surface area contributed by atoms with Gasteiger partial charge < -0.3 is 10.4 Å². The van der Waals surface area contributed by atoms with Crippen molar-refractivity contribution in [3.05, 3.63) is 66.7 Å². The predicted octanol–water partition coefficient (Wildman–Crippen LogP) is 4.21. The van der Waals surface area contributed by atoms with Crippen molar-refractivity contribution in [1.29, 1.82) is 0 Å². The number of phenolic OH excluding ortho intramolecular Hbond substituents is 1. The number of hydrogen-bond acceptors (Lipinski definition) is 2. The lowest BCUT2D eigenvalue weighted by Crippen LogP contribution is -2.31. The van der Waals surface area contributed by atoms with Crippen molar-refractivity contribution in [1.82, 2.24) is 0 Å². The first-order valence-corrected chi connectivity index (χ1v) is 6.96. The highest BCUT2D eigenvalue weighted by Crippen LogP contribution is 2.24. The molecule has 0 aliphatic carbocycles. The number of aromatic hydroxyl groups is 1. The van der Waals surface area contributed by atoms with Crippen LogP contribution in [-0.4, -0.2) is 18.2 Å². The molecule has 0 saturated carbocycles. The van der Waals surface area contributed by atoms with E-state index in [0.29, 0.717) is 5.69 Å². The molecule has 3 aromatic rings. The number of nitrogens with one attached hydrogen (secondary N) is 1. The van der Waals surface area contributed by atoms with Crippen molar-refractivity contribution in [3.63, 3.8) is 0 Å². The molecule has 0 aromatic heterocycles. The minimum absolute atomic E-state index is 0.173. The lowest BCUT2D eigenvalue weighted by molar-refractivity contribution is 0.258. The molecule has 2 amide bonds. The second-order valence-electron chi connectivity index (χ2n) is 5.03. The minimum atomic E-state index is -0.234. The fourth-order valence-electron chi connectivity index (χ4n) is 2.33. The minimum Gasteiger partial charge on any atom is -0.508 e. The van der Waals surface area contributed by atoms with Crippen LogP contribution in [0.15, 0.2) is 66.7 Å². The summed E-state index contributed by atoms with van der Waals surface area (Å²) in [6.45, 7) is 0. The van der Waals surface area contributed by atoms with Gasteiger partial charge in [0.15, 0.2) is 0 Å². The molecule has 0 unspecified atom stereocenters. The van der Waals surface area contributed by atoms with Crippen molar-refractivity contribution in [2.24, 2.45) is 0 Å². The molecule has 2 N–H and O–H groups in total. The van der Waals surface area contributed by atoms with Crippen LogP contribution >= 0.6 is 0 Å². The molecule has 0 saturated heterocycles. The zero-order valence-electron chi connectivity index (χ0n) is 12.2. The monoisotopic (exact) mass is 292 g/mol. The Morgan fingerprint density at radius 3 is 2.41 bits per heavy atom. The quantitative estimate of drug-likeness (QED) is 0.743. The molecular formula is C18H16N2O2. The van der Waals surface area contributed by atoms with Gasteiger partial charge >= 0.3 is 6.03 Å². The van der Waals surface area contributed by atoms with E-state index in [0.717, 1.165) is 16.5 Å². The maximum absolute atomic E-state index is 12.4. The number of phenols is 1. The van der Waals surface area contributed by atoms with E-state index in [2.05, 4.69) is 5.32 Å². The lowest BCUT2D eigenvalue weighted by Gasteiger charge is -2.19. The number of anilines is 2. The summed E-state index contributed by atoms with van der Waals surface area (Å²) in [5.41, 5.74) is 1.48. The fourth-order valence-corrected chi connectivity index (χ4v) is 2.33. The van der Waals surface area contributed by atoms with Crippen LogP contribution in [0, 0.1) is 0 Å². The molecular weight excluding hydrogens is 276 g/mol. The zero-order chi connectivity index (χ0) is 15.5. The van der Waals surface area contributed by atoms with Crippen LogP contribution in [0.5, 0.6) is 5.75 Å². The maximum Gasteiger partial charge on any atom is 0.326 e. The van der Waals surface area contributed by atoms with Crippen LogP contribution in [-0.2, 0) is 0 Å². The van der Waals surface area contributed by atoms with Crippen LogP contribution in [0.3, 0.4) is 0 Å². The number of carbonyl (C=O) groups is 1. The number of benzene rings is 3. The van der Waals surface area contributed by atoms with Crippen molar-refractivity contribution in [2.75, 3.05) is 17.3 Å². The molecule has 0 heterocycles. The number of amides is 2. The molecule has 3 rings (SSSR count). The molecule has 4 heteroatoms. The highest BCUT2D eigenvalue weighted by atomic mass is 16.3. The van der Waals surface area contributed by atoms with Crippen LogP contribution in [0.1, 0.15) is 0 Å². The van der Waals surface area contributed by atoms with Gasteiger partial charge in [0.1, 0.15) is 5.75 Å². The number of nitrogens with zero attached hydrogens (tertiary/aromatic N) is 1. The summed E-state index contributed by atoms with van der Waals surface area (Å²) < 4.78 is 0. The average Bonchev–Trinajstić information content (AvgIpc) is 2.55. The molecule has 3 aromatic carbocycles. The molecule has 4 nitrogen and oxygen atoms in total. The van der Waals surface area contributed by atoms with E-state index in [4.69, 9.17) is 0 Å². The second-order valence-corrected chi connectivity index (χ2v) is 5.03. The summed E-state index contributed by atoms with van der Waals surface area (Å²) in [6, 6.07) is 20.0. The molecule has 0 fully saturated rings. The van der Waals surface area contributed by atoms with Gasteiger partial charge in [0.2, 0.25) is 0 Å². The highest BCUT2D eigenvalue weighted by Gasteiger charge is 2.12. The van der Waals surface area contributed by atoms with Crippen LogP contribution in [0.2, 0.25) is 0 Å². The van der Waals surface area contributed by atoms with Gasteiger partial charge in [0.25, 0.3) is 0 Å². The number of urea groups is 1. The fraction of sp³-hybridized carbons (Fsp3) is 0.0556. The Bertz CT molecular complexity index is 807. The van der Waals surface area contributed by atoms with E-state index < -0.39 is 0 Å². The largest absolute Gasteiger partial charge is 0.508 e. The Morgan fingerprint density at radius 2 is 1.64 bits per heavy atom. The number of carbonyl (C=O) groups excluding carboxylic acids is 1. The first-order chi connectivity index (χ1) is 10.6. The van der Waals surface area contributed by atoms with Gasteiger partial charge in [-0.05, 0) is 35.7 Å². The number of fused-ring (bicyclic) bond motifs is 1. The van der Waals surface area contributed by atoms with Crippen molar-refractivity contribution in [2.45, 2.75) is 0 Å².